The Labute approximate surface area is 157 Å². The summed E-state index contributed by atoms with van der Waals surface area (Å²) in [5.74, 6) is 0.678. The number of allylic oxidation sites excluding steroid dienone is 3. The molecule has 2 saturated heterocycles. The molecule has 2 aliphatic heterocycles. The Kier molecular flexibility index (Phi) is 8.60. The molecule has 138 valence electrons. The Balaban J connectivity index is 1.69. The van der Waals surface area contributed by atoms with Crippen LogP contribution < -0.4 is 5.32 Å². The predicted molar refractivity (Wildman–Crippen MR) is 106 cm³/mol. The minimum Gasteiger partial charge on any atom is -0.448 e. The summed E-state index contributed by atoms with van der Waals surface area (Å²) >= 11 is 0. The van der Waals surface area contributed by atoms with Crippen LogP contribution >= 0.6 is 21.6 Å². The first kappa shape index (κ1) is 20.1. The maximum Gasteiger partial charge on any atom is 0.411 e. The van der Waals surface area contributed by atoms with Crippen molar-refractivity contribution in [2.75, 3.05) is 32.1 Å². The molecule has 1 amide bonds. The second-order valence-electron chi connectivity index (χ2n) is 5.60. The lowest BCUT2D eigenvalue weighted by Gasteiger charge is -2.27. The minimum absolute atomic E-state index is 0.102. The van der Waals surface area contributed by atoms with Gasteiger partial charge in [-0.1, -0.05) is 35.1 Å². The molecule has 8 heteroatoms. The summed E-state index contributed by atoms with van der Waals surface area (Å²) in [6.45, 7) is 11.7. The number of nitrogens with zero attached hydrogens (tertiary/aromatic N) is 2. The standard InChI is InChI=1S/C17H25N3O3S2/c1-4-5-6-15(18-3)25-24-10-9-23-17(21)20-7-8-22-16(20)14-11-13(2)12-19-14/h4-6,14,16,19H,2-3,7-12H2,1H3/b5-4-,15-6+/t14-,16?/m0/s1. The van der Waals surface area contributed by atoms with Crippen molar-refractivity contribution in [3.05, 3.63) is 35.4 Å². The second-order valence-corrected chi connectivity index (χ2v) is 8.04. The monoisotopic (exact) mass is 383 g/mol. The fraction of sp³-hybridized carbons (Fsp3) is 0.529. The summed E-state index contributed by atoms with van der Waals surface area (Å²) in [5.41, 5.74) is 1.14. The average Bonchev–Trinajstić information content (AvgIpc) is 3.25. The highest BCUT2D eigenvalue weighted by atomic mass is 33.1. The van der Waals surface area contributed by atoms with Crippen molar-refractivity contribution in [2.24, 2.45) is 4.99 Å². The Morgan fingerprint density at radius 1 is 1.60 bits per heavy atom. The molecule has 1 unspecified atom stereocenters. The maximum absolute atomic E-state index is 12.3. The van der Waals surface area contributed by atoms with E-state index in [1.807, 2.05) is 25.2 Å². The number of rotatable bonds is 8. The van der Waals surface area contributed by atoms with Gasteiger partial charge in [-0.3, -0.25) is 9.89 Å². The number of carbonyl (C=O) groups excluding carboxylic acids is 1. The van der Waals surface area contributed by atoms with Crippen molar-refractivity contribution in [1.29, 1.82) is 0 Å². The molecule has 0 radical (unpaired) electrons. The van der Waals surface area contributed by atoms with Crippen molar-refractivity contribution in [3.63, 3.8) is 0 Å². The zero-order valence-corrected chi connectivity index (χ0v) is 16.1. The van der Waals surface area contributed by atoms with Crippen molar-refractivity contribution in [2.45, 2.75) is 25.6 Å². The molecule has 6 nitrogen and oxygen atoms in total. The summed E-state index contributed by atoms with van der Waals surface area (Å²) in [6.07, 6.45) is 5.98. The Morgan fingerprint density at radius 2 is 2.44 bits per heavy atom. The van der Waals surface area contributed by atoms with E-state index in [0.717, 1.165) is 23.6 Å². The van der Waals surface area contributed by atoms with E-state index in [4.69, 9.17) is 9.47 Å². The van der Waals surface area contributed by atoms with Gasteiger partial charge in [-0.25, -0.2) is 4.79 Å². The second kappa shape index (κ2) is 10.7. The number of nitrogens with one attached hydrogen (secondary N) is 1. The van der Waals surface area contributed by atoms with Crippen LogP contribution in [0.25, 0.3) is 0 Å². The molecule has 2 fully saturated rings. The molecule has 0 aliphatic carbocycles. The molecule has 0 aromatic rings. The van der Waals surface area contributed by atoms with E-state index < -0.39 is 0 Å². The Bertz CT molecular complexity index is 551. The quantitative estimate of drug-likeness (QED) is 0.228. The number of carbonyl (C=O) groups is 1. The molecule has 25 heavy (non-hydrogen) atoms. The number of hydrogen-bond donors (Lipinski definition) is 1. The van der Waals surface area contributed by atoms with Gasteiger partial charge in [-0.15, -0.1) is 0 Å². The van der Waals surface area contributed by atoms with Gasteiger partial charge in [0.1, 0.15) is 11.6 Å². The minimum atomic E-state index is -0.320. The lowest BCUT2D eigenvalue weighted by molar-refractivity contribution is 0.00623. The van der Waals surface area contributed by atoms with Gasteiger partial charge in [0, 0.05) is 12.3 Å². The lowest BCUT2D eigenvalue weighted by Crippen LogP contribution is -2.47. The summed E-state index contributed by atoms with van der Waals surface area (Å²) in [7, 11) is 3.09. The first-order valence-electron chi connectivity index (χ1n) is 8.20. The third-order valence-corrected chi connectivity index (χ3v) is 6.01. The van der Waals surface area contributed by atoms with Crippen molar-refractivity contribution in [3.8, 4) is 0 Å². The van der Waals surface area contributed by atoms with Gasteiger partial charge < -0.3 is 14.8 Å². The first-order chi connectivity index (χ1) is 12.2. The molecule has 0 spiro atoms. The van der Waals surface area contributed by atoms with E-state index in [9.17, 15) is 4.79 Å². The number of amides is 1. The van der Waals surface area contributed by atoms with Crippen LogP contribution in [0.1, 0.15) is 13.3 Å². The van der Waals surface area contributed by atoms with Crippen LogP contribution in [0.15, 0.2) is 40.4 Å². The highest BCUT2D eigenvalue weighted by Crippen LogP contribution is 2.30. The number of aliphatic imine (C=N–C) groups is 1. The van der Waals surface area contributed by atoms with Gasteiger partial charge in [0.2, 0.25) is 0 Å². The van der Waals surface area contributed by atoms with Crippen LogP contribution in [0.2, 0.25) is 0 Å². The van der Waals surface area contributed by atoms with Crippen molar-refractivity contribution < 1.29 is 14.3 Å². The van der Waals surface area contributed by atoms with Gasteiger partial charge in [0.25, 0.3) is 0 Å². The molecule has 0 saturated carbocycles. The molecule has 2 heterocycles. The van der Waals surface area contributed by atoms with E-state index in [0.29, 0.717) is 25.5 Å². The Hall–Kier alpha value is -1.22. The third-order valence-electron chi connectivity index (χ3n) is 3.75. The van der Waals surface area contributed by atoms with Gasteiger partial charge in [0.15, 0.2) is 6.23 Å². The fourth-order valence-corrected chi connectivity index (χ4v) is 4.27. The van der Waals surface area contributed by atoms with Gasteiger partial charge in [0.05, 0.1) is 19.2 Å². The fourth-order valence-electron chi connectivity index (χ4n) is 2.58. The van der Waals surface area contributed by atoms with Crippen LogP contribution in [0, 0.1) is 0 Å². The van der Waals surface area contributed by atoms with Crippen molar-refractivity contribution >= 4 is 34.4 Å². The van der Waals surface area contributed by atoms with Crippen LogP contribution in [0.5, 0.6) is 0 Å². The zero-order valence-electron chi connectivity index (χ0n) is 14.5. The highest BCUT2D eigenvalue weighted by molar-refractivity contribution is 8.78. The molecule has 0 aromatic heterocycles. The SMILES string of the molecule is C=N/C(=C\C=C/C)SSCCOC(=O)N1CCOC1[C@@H]1CC(=C)CN1. The van der Waals surface area contributed by atoms with Crippen LogP contribution in [0.4, 0.5) is 4.79 Å². The van der Waals surface area contributed by atoms with E-state index in [-0.39, 0.29) is 18.4 Å². The van der Waals surface area contributed by atoms with Gasteiger partial charge in [-0.05, 0) is 36.9 Å². The molecular weight excluding hydrogens is 358 g/mol. The number of ether oxygens (including phenoxy) is 2. The van der Waals surface area contributed by atoms with Crippen LogP contribution in [-0.2, 0) is 9.47 Å². The predicted octanol–water partition coefficient (Wildman–Crippen LogP) is 3.20. The topological polar surface area (TPSA) is 63.2 Å². The lowest BCUT2D eigenvalue weighted by atomic mass is 10.1. The summed E-state index contributed by atoms with van der Waals surface area (Å²) in [6, 6.07) is 0.102. The first-order valence-corrected chi connectivity index (χ1v) is 10.5. The molecule has 2 rings (SSSR count). The van der Waals surface area contributed by atoms with E-state index in [1.165, 1.54) is 10.8 Å². The van der Waals surface area contributed by atoms with Crippen LogP contribution in [-0.4, -0.2) is 62.0 Å². The van der Waals surface area contributed by atoms with Crippen LogP contribution in [0.3, 0.4) is 0 Å². The van der Waals surface area contributed by atoms with E-state index in [2.05, 4.69) is 23.6 Å². The summed E-state index contributed by atoms with van der Waals surface area (Å²) < 4.78 is 11.1. The molecular formula is C17H25N3O3S2. The van der Waals surface area contributed by atoms with Gasteiger partial charge in [-0.2, -0.15) is 0 Å². The van der Waals surface area contributed by atoms with E-state index >= 15 is 0 Å². The maximum atomic E-state index is 12.3. The summed E-state index contributed by atoms with van der Waals surface area (Å²) in [5, 5.41) is 4.16. The third kappa shape index (κ3) is 6.22. The highest BCUT2D eigenvalue weighted by Gasteiger charge is 2.38. The smallest absolute Gasteiger partial charge is 0.411 e. The molecule has 2 aliphatic rings. The molecule has 2 atom stereocenters. The van der Waals surface area contributed by atoms with Crippen molar-refractivity contribution in [1.82, 2.24) is 10.2 Å². The number of hydrogen-bond acceptors (Lipinski definition) is 7. The normalized spacial score (nSPS) is 24.3. The Morgan fingerprint density at radius 3 is 3.12 bits per heavy atom. The zero-order chi connectivity index (χ0) is 18.1. The largest absolute Gasteiger partial charge is 0.448 e. The van der Waals surface area contributed by atoms with Gasteiger partial charge >= 0.3 is 6.09 Å². The van der Waals surface area contributed by atoms with E-state index in [1.54, 1.807) is 15.7 Å². The summed E-state index contributed by atoms with van der Waals surface area (Å²) in [4.78, 5) is 17.9. The average molecular weight is 384 g/mol. The molecule has 0 aromatic carbocycles. The molecule has 0 bridgehead atoms. The molecule has 1 N–H and O–H groups in total.